The summed E-state index contributed by atoms with van der Waals surface area (Å²) in [6.07, 6.45) is 3.79. The number of nitrogens with zero attached hydrogens (tertiary/aromatic N) is 2. The molecule has 1 saturated carbocycles. The Morgan fingerprint density at radius 2 is 2.28 bits per heavy atom. The van der Waals surface area contributed by atoms with Crippen LogP contribution in [0.4, 0.5) is 0 Å². The number of alkyl halides is 1. The lowest BCUT2D eigenvalue weighted by Crippen LogP contribution is -2.08. The highest BCUT2D eigenvalue weighted by Gasteiger charge is 2.26. The summed E-state index contributed by atoms with van der Waals surface area (Å²) in [5.74, 6) is 2.30. The molecule has 0 aliphatic heterocycles. The molecule has 0 saturated heterocycles. The summed E-state index contributed by atoms with van der Waals surface area (Å²) in [4.78, 5) is 4.66. The lowest BCUT2D eigenvalue weighted by molar-refractivity contribution is 0.494. The standard InChI is InChI=1S/C14H16BrClN2/c1-9-2-4-11(6-9)18-13-5-3-10(15)7-12(13)17-14(18)8-16/h3,5,7,9,11H,2,4,6,8H2,1H3. The molecule has 18 heavy (non-hydrogen) atoms. The van der Waals surface area contributed by atoms with Gasteiger partial charge in [0.25, 0.3) is 0 Å². The van der Waals surface area contributed by atoms with Crippen LogP contribution in [0.3, 0.4) is 0 Å². The van der Waals surface area contributed by atoms with Crippen LogP contribution in [0.15, 0.2) is 22.7 Å². The minimum Gasteiger partial charge on any atom is -0.324 e. The average molecular weight is 328 g/mol. The topological polar surface area (TPSA) is 17.8 Å². The van der Waals surface area contributed by atoms with Gasteiger partial charge in [-0.25, -0.2) is 4.98 Å². The molecule has 0 amide bonds. The van der Waals surface area contributed by atoms with Crippen molar-refractivity contribution in [2.24, 2.45) is 5.92 Å². The first-order valence-corrected chi connectivity index (χ1v) is 7.74. The van der Waals surface area contributed by atoms with E-state index in [9.17, 15) is 0 Å². The van der Waals surface area contributed by atoms with Crippen LogP contribution >= 0.6 is 27.5 Å². The van der Waals surface area contributed by atoms with Crippen molar-refractivity contribution in [2.45, 2.75) is 38.1 Å². The first-order valence-electron chi connectivity index (χ1n) is 6.41. The molecule has 0 radical (unpaired) electrons. The molecule has 2 nitrogen and oxygen atoms in total. The Hall–Kier alpha value is -0.540. The molecule has 2 aromatic rings. The zero-order valence-corrected chi connectivity index (χ0v) is 12.7. The van der Waals surface area contributed by atoms with Crippen LogP contribution in [0, 0.1) is 5.92 Å². The smallest absolute Gasteiger partial charge is 0.125 e. The highest BCUT2D eigenvalue weighted by atomic mass is 79.9. The van der Waals surface area contributed by atoms with Crippen LogP contribution in [-0.4, -0.2) is 9.55 Å². The Balaban J connectivity index is 2.13. The van der Waals surface area contributed by atoms with E-state index in [1.165, 1.54) is 24.8 Å². The summed E-state index contributed by atoms with van der Waals surface area (Å²) in [6, 6.07) is 6.86. The van der Waals surface area contributed by atoms with Crippen LogP contribution in [0.5, 0.6) is 0 Å². The van der Waals surface area contributed by atoms with Crippen molar-refractivity contribution in [3.8, 4) is 0 Å². The lowest BCUT2D eigenvalue weighted by atomic mass is 10.1. The van der Waals surface area contributed by atoms with E-state index in [2.05, 4.69) is 50.6 Å². The Bertz CT molecular complexity index is 578. The maximum Gasteiger partial charge on any atom is 0.125 e. The van der Waals surface area contributed by atoms with Crippen molar-refractivity contribution in [1.29, 1.82) is 0 Å². The summed E-state index contributed by atoms with van der Waals surface area (Å²) < 4.78 is 3.43. The fourth-order valence-electron chi connectivity index (χ4n) is 3.04. The highest BCUT2D eigenvalue weighted by Crippen LogP contribution is 2.37. The second-order valence-electron chi connectivity index (χ2n) is 5.24. The zero-order chi connectivity index (χ0) is 12.7. The van der Waals surface area contributed by atoms with Gasteiger partial charge in [0.05, 0.1) is 16.9 Å². The van der Waals surface area contributed by atoms with Crippen molar-refractivity contribution in [1.82, 2.24) is 9.55 Å². The van der Waals surface area contributed by atoms with Gasteiger partial charge in [0.15, 0.2) is 0 Å². The number of imidazole rings is 1. The van der Waals surface area contributed by atoms with Gasteiger partial charge in [0.1, 0.15) is 5.82 Å². The summed E-state index contributed by atoms with van der Waals surface area (Å²) in [6.45, 7) is 2.33. The number of fused-ring (bicyclic) bond motifs is 1. The summed E-state index contributed by atoms with van der Waals surface area (Å²) >= 11 is 9.56. The number of rotatable bonds is 2. The van der Waals surface area contributed by atoms with E-state index in [4.69, 9.17) is 11.6 Å². The summed E-state index contributed by atoms with van der Waals surface area (Å²) in [5, 5.41) is 0. The van der Waals surface area contributed by atoms with Gasteiger partial charge in [-0.3, -0.25) is 0 Å². The predicted molar refractivity (Wildman–Crippen MR) is 79.0 cm³/mol. The van der Waals surface area contributed by atoms with Crippen LogP contribution < -0.4 is 0 Å². The number of hydrogen-bond donors (Lipinski definition) is 0. The van der Waals surface area contributed by atoms with Crippen LogP contribution in [0.25, 0.3) is 11.0 Å². The van der Waals surface area contributed by atoms with Gasteiger partial charge in [-0.2, -0.15) is 0 Å². The van der Waals surface area contributed by atoms with Gasteiger partial charge in [-0.15, -0.1) is 11.6 Å². The molecule has 0 N–H and O–H groups in total. The van der Waals surface area contributed by atoms with Crippen molar-refractivity contribution in [3.05, 3.63) is 28.5 Å². The van der Waals surface area contributed by atoms with E-state index < -0.39 is 0 Å². The quantitative estimate of drug-likeness (QED) is 0.717. The second kappa shape index (κ2) is 4.86. The SMILES string of the molecule is CC1CCC(n2c(CCl)nc3cc(Br)ccc32)C1. The molecule has 0 spiro atoms. The number of aromatic nitrogens is 2. The van der Waals surface area contributed by atoms with E-state index in [0.717, 1.165) is 21.7 Å². The van der Waals surface area contributed by atoms with Gasteiger partial charge < -0.3 is 4.57 Å². The zero-order valence-electron chi connectivity index (χ0n) is 10.4. The highest BCUT2D eigenvalue weighted by molar-refractivity contribution is 9.10. The van der Waals surface area contributed by atoms with Crippen LogP contribution in [0.2, 0.25) is 0 Å². The van der Waals surface area contributed by atoms with Gasteiger partial charge >= 0.3 is 0 Å². The van der Waals surface area contributed by atoms with Crippen molar-refractivity contribution in [2.75, 3.05) is 0 Å². The van der Waals surface area contributed by atoms with Crippen molar-refractivity contribution in [3.63, 3.8) is 0 Å². The van der Waals surface area contributed by atoms with E-state index in [1.807, 2.05) is 0 Å². The molecule has 1 aliphatic carbocycles. The van der Waals surface area contributed by atoms with Gasteiger partial charge in [0.2, 0.25) is 0 Å². The number of hydrogen-bond acceptors (Lipinski definition) is 1. The minimum absolute atomic E-state index is 0.483. The van der Waals surface area contributed by atoms with Gasteiger partial charge in [-0.1, -0.05) is 22.9 Å². The first kappa shape index (κ1) is 12.5. The van der Waals surface area contributed by atoms with Crippen LogP contribution in [-0.2, 0) is 5.88 Å². The van der Waals surface area contributed by atoms with Crippen molar-refractivity contribution >= 4 is 38.6 Å². The van der Waals surface area contributed by atoms with Gasteiger partial charge in [0, 0.05) is 10.5 Å². The third-order valence-electron chi connectivity index (χ3n) is 3.88. The van der Waals surface area contributed by atoms with E-state index in [-0.39, 0.29) is 0 Å². The largest absolute Gasteiger partial charge is 0.324 e. The predicted octanol–water partition coefficient (Wildman–Crippen LogP) is 4.90. The number of halogens is 2. The summed E-state index contributed by atoms with van der Waals surface area (Å²) in [7, 11) is 0. The normalized spacial score (nSPS) is 23.9. The molecule has 2 unspecified atom stereocenters. The molecule has 2 atom stereocenters. The molecule has 3 rings (SSSR count). The fourth-order valence-corrected chi connectivity index (χ4v) is 3.57. The molecule has 1 fully saturated rings. The monoisotopic (exact) mass is 326 g/mol. The molecule has 0 bridgehead atoms. The molecule has 4 heteroatoms. The second-order valence-corrected chi connectivity index (χ2v) is 6.42. The molecule has 1 heterocycles. The molecule has 96 valence electrons. The summed E-state index contributed by atoms with van der Waals surface area (Å²) in [5.41, 5.74) is 2.26. The number of benzene rings is 1. The fraction of sp³-hybridized carbons (Fsp3) is 0.500. The lowest BCUT2D eigenvalue weighted by Gasteiger charge is -2.15. The van der Waals surface area contributed by atoms with Crippen molar-refractivity contribution < 1.29 is 0 Å². The molecule has 1 aromatic heterocycles. The molecule has 1 aromatic carbocycles. The molecular formula is C14H16BrClN2. The minimum atomic E-state index is 0.483. The van der Waals surface area contributed by atoms with E-state index in [0.29, 0.717) is 11.9 Å². The van der Waals surface area contributed by atoms with E-state index in [1.54, 1.807) is 0 Å². The third kappa shape index (κ3) is 2.08. The molecule has 1 aliphatic rings. The maximum absolute atomic E-state index is 6.06. The van der Waals surface area contributed by atoms with E-state index >= 15 is 0 Å². The molecular weight excluding hydrogens is 312 g/mol. The average Bonchev–Trinajstić information content (AvgIpc) is 2.91. The maximum atomic E-state index is 6.06. The third-order valence-corrected chi connectivity index (χ3v) is 4.61. The Labute approximate surface area is 120 Å². The Kier molecular flexibility index (Phi) is 3.37. The first-order chi connectivity index (χ1) is 8.69. The van der Waals surface area contributed by atoms with Crippen LogP contribution in [0.1, 0.15) is 38.1 Å². The Morgan fingerprint density at radius 1 is 1.44 bits per heavy atom. The van der Waals surface area contributed by atoms with Gasteiger partial charge in [-0.05, 0) is 43.4 Å². The Morgan fingerprint density at radius 3 is 2.94 bits per heavy atom.